The fourth-order valence-electron chi connectivity index (χ4n) is 3.58. The zero-order chi connectivity index (χ0) is 19.7. The second-order valence-electron chi connectivity index (χ2n) is 8.52. The summed E-state index contributed by atoms with van der Waals surface area (Å²) < 4.78 is 5.93. The molecular weight excluding hydrogens is 356 g/mol. The minimum Gasteiger partial charge on any atom is -0.445 e. The standard InChI is InChI=1S/C20H28N6O2/c1-20(2,3)18-23-15-13-26(8-5-16(15)28-18)17(27)14-24-9-11-25(12-10-24)19-21-6-4-7-22-19/h4,6-7H,5,8-14H2,1-3H3. The van der Waals surface area contributed by atoms with Gasteiger partial charge < -0.3 is 14.2 Å². The first-order chi connectivity index (χ1) is 13.4. The van der Waals surface area contributed by atoms with Gasteiger partial charge in [0, 0.05) is 57.0 Å². The number of fused-ring (bicyclic) bond motifs is 1. The summed E-state index contributed by atoms with van der Waals surface area (Å²) in [4.78, 5) is 32.4. The van der Waals surface area contributed by atoms with E-state index in [0.717, 1.165) is 55.9 Å². The molecule has 2 aromatic rings. The quantitative estimate of drug-likeness (QED) is 0.793. The van der Waals surface area contributed by atoms with Crippen LogP contribution < -0.4 is 4.90 Å². The van der Waals surface area contributed by atoms with Crippen molar-refractivity contribution < 1.29 is 9.21 Å². The largest absolute Gasteiger partial charge is 0.445 e. The molecule has 2 aliphatic rings. The predicted molar refractivity (Wildman–Crippen MR) is 105 cm³/mol. The highest BCUT2D eigenvalue weighted by atomic mass is 16.4. The van der Waals surface area contributed by atoms with Gasteiger partial charge in [-0.05, 0) is 6.07 Å². The minimum atomic E-state index is -0.117. The van der Waals surface area contributed by atoms with E-state index in [2.05, 4.69) is 45.5 Å². The van der Waals surface area contributed by atoms with Gasteiger partial charge in [0.25, 0.3) is 0 Å². The van der Waals surface area contributed by atoms with Gasteiger partial charge in [-0.3, -0.25) is 9.69 Å². The second kappa shape index (κ2) is 7.50. The molecule has 4 heterocycles. The fraction of sp³-hybridized carbons (Fsp3) is 0.600. The monoisotopic (exact) mass is 384 g/mol. The average Bonchev–Trinajstić information content (AvgIpc) is 3.13. The zero-order valence-corrected chi connectivity index (χ0v) is 16.9. The van der Waals surface area contributed by atoms with Crippen molar-refractivity contribution in [3.8, 4) is 0 Å². The van der Waals surface area contributed by atoms with Crippen molar-refractivity contribution in [3.05, 3.63) is 35.8 Å². The van der Waals surface area contributed by atoms with Crippen LogP contribution in [0.25, 0.3) is 0 Å². The van der Waals surface area contributed by atoms with Crippen molar-refractivity contribution in [1.29, 1.82) is 0 Å². The lowest BCUT2D eigenvalue weighted by atomic mass is 9.97. The maximum atomic E-state index is 12.8. The van der Waals surface area contributed by atoms with Crippen molar-refractivity contribution >= 4 is 11.9 Å². The van der Waals surface area contributed by atoms with Gasteiger partial charge in [0.2, 0.25) is 11.9 Å². The van der Waals surface area contributed by atoms with Crippen LogP contribution in [0.5, 0.6) is 0 Å². The Morgan fingerprint density at radius 2 is 1.82 bits per heavy atom. The first-order valence-corrected chi connectivity index (χ1v) is 9.91. The van der Waals surface area contributed by atoms with E-state index in [1.165, 1.54) is 0 Å². The second-order valence-corrected chi connectivity index (χ2v) is 8.52. The summed E-state index contributed by atoms with van der Waals surface area (Å²) in [6, 6.07) is 1.82. The van der Waals surface area contributed by atoms with Gasteiger partial charge in [-0.15, -0.1) is 0 Å². The molecule has 0 bridgehead atoms. The van der Waals surface area contributed by atoms with Crippen LogP contribution in [0.4, 0.5) is 5.95 Å². The molecular formula is C20H28N6O2. The van der Waals surface area contributed by atoms with Gasteiger partial charge >= 0.3 is 0 Å². The number of rotatable bonds is 3. The molecule has 0 saturated carbocycles. The van der Waals surface area contributed by atoms with Gasteiger partial charge in [0.1, 0.15) is 11.5 Å². The van der Waals surface area contributed by atoms with Crippen molar-refractivity contribution in [2.24, 2.45) is 0 Å². The number of carbonyl (C=O) groups excluding carboxylic acids is 1. The van der Waals surface area contributed by atoms with Gasteiger partial charge in [-0.2, -0.15) is 0 Å². The molecule has 0 atom stereocenters. The summed E-state index contributed by atoms with van der Waals surface area (Å²) in [6.07, 6.45) is 4.26. The minimum absolute atomic E-state index is 0.117. The first kappa shape index (κ1) is 18.9. The molecule has 4 rings (SSSR count). The number of oxazole rings is 1. The van der Waals surface area contributed by atoms with E-state index in [-0.39, 0.29) is 11.3 Å². The summed E-state index contributed by atoms with van der Waals surface area (Å²) in [5, 5.41) is 0. The maximum absolute atomic E-state index is 12.8. The van der Waals surface area contributed by atoms with Crippen molar-refractivity contribution in [3.63, 3.8) is 0 Å². The van der Waals surface area contributed by atoms with Crippen molar-refractivity contribution in [1.82, 2.24) is 24.8 Å². The smallest absolute Gasteiger partial charge is 0.237 e. The van der Waals surface area contributed by atoms with Crippen molar-refractivity contribution in [2.75, 3.05) is 44.2 Å². The number of nitrogens with zero attached hydrogens (tertiary/aromatic N) is 6. The third-order valence-electron chi connectivity index (χ3n) is 5.29. The van der Waals surface area contributed by atoms with E-state index in [1.807, 2.05) is 11.0 Å². The molecule has 1 saturated heterocycles. The lowest BCUT2D eigenvalue weighted by molar-refractivity contribution is -0.133. The third-order valence-corrected chi connectivity index (χ3v) is 5.29. The molecule has 0 radical (unpaired) electrons. The molecule has 1 amide bonds. The highest BCUT2D eigenvalue weighted by Gasteiger charge is 2.30. The Balaban J connectivity index is 1.31. The summed E-state index contributed by atoms with van der Waals surface area (Å²) >= 11 is 0. The van der Waals surface area contributed by atoms with Gasteiger partial charge in [0.05, 0.1) is 13.1 Å². The lowest BCUT2D eigenvalue weighted by Crippen LogP contribution is -2.51. The number of hydrogen-bond acceptors (Lipinski definition) is 7. The van der Waals surface area contributed by atoms with Crippen LogP contribution in [-0.2, 0) is 23.2 Å². The number of aromatic nitrogens is 3. The van der Waals surface area contributed by atoms with Gasteiger partial charge in [-0.1, -0.05) is 20.8 Å². The Labute approximate surface area is 165 Å². The van der Waals surface area contributed by atoms with E-state index in [4.69, 9.17) is 4.42 Å². The molecule has 150 valence electrons. The SMILES string of the molecule is CC(C)(C)c1nc2c(o1)CCN(C(=O)CN1CCN(c3ncccn3)CC1)C2. The topological polar surface area (TPSA) is 78.6 Å². The fourth-order valence-corrected chi connectivity index (χ4v) is 3.58. The van der Waals surface area contributed by atoms with Gasteiger partial charge in [0.15, 0.2) is 5.89 Å². The average molecular weight is 384 g/mol. The highest BCUT2D eigenvalue weighted by Crippen LogP contribution is 2.27. The van der Waals surface area contributed by atoms with Crippen LogP contribution in [0, 0.1) is 0 Å². The van der Waals surface area contributed by atoms with Crippen LogP contribution in [0.3, 0.4) is 0 Å². The Hall–Kier alpha value is -2.48. The Kier molecular flexibility index (Phi) is 5.05. The molecule has 0 spiro atoms. The predicted octanol–water partition coefficient (Wildman–Crippen LogP) is 1.47. The summed E-state index contributed by atoms with van der Waals surface area (Å²) in [6.45, 7) is 11.3. The molecule has 8 nitrogen and oxygen atoms in total. The lowest BCUT2D eigenvalue weighted by Gasteiger charge is -2.35. The number of anilines is 1. The molecule has 0 aliphatic carbocycles. The van der Waals surface area contributed by atoms with E-state index >= 15 is 0 Å². The van der Waals surface area contributed by atoms with Crippen molar-refractivity contribution in [2.45, 2.75) is 39.2 Å². The van der Waals surface area contributed by atoms with E-state index in [1.54, 1.807) is 12.4 Å². The van der Waals surface area contributed by atoms with Gasteiger partial charge in [-0.25, -0.2) is 15.0 Å². The molecule has 28 heavy (non-hydrogen) atoms. The van der Waals surface area contributed by atoms with Crippen LogP contribution in [0.15, 0.2) is 22.9 Å². The molecule has 0 N–H and O–H groups in total. The Morgan fingerprint density at radius 1 is 1.11 bits per heavy atom. The Morgan fingerprint density at radius 3 is 2.50 bits per heavy atom. The third kappa shape index (κ3) is 4.01. The van der Waals surface area contributed by atoms with Crippen LogP contribution in [0.1, 0.15) is 38.1 Å². The molecule has 0 unspecified atom stereocenters. The zero-order valence-electron chi connectivity index (χ0n) is 16.9. The van der Waals surface area contributed by atoms with Crippen LogP contribution in [0.2, 0.25) is 0 Å². The van der Waals surface area contributed by atoms with E-state index < -0.39 is 0 Å². The molecule has 8 heteroatoms. The molecule has 0 aromatic carbocycles. The van der Waals surface area contributed by atoms with E-state index in [9.17, 15) is 4.79 Å². The number of piperazine rings is 1. The van der Waals surface area contributed by atoms with Crippen LogP contribution in [-0.4, -0.2) is 69.9 Å². The van der Waals surface area contributed by atoms with Crippen LogP contribution >= 0.6 is 0 Å². The highest BCUT2D eigenvalue weighted by molar-refractivity contribution is 5.78. The summed E-state index contributed by atoms with van der Waals surface area (Å²) in [7, 11) is 0. The Bertz CT molecular complexity index is 821. The van der Waals surface area contributed by atoms with E-state index in [0.29, 0.717) is 19.6 Å². The molecule has 1 fully saturated rings. The molecule has 2 aliphatic heterocycles. The summed E-state index contributed by atoms with van der Waals surface area (Å²) in [5.74, 6) is 2.62. The first-order valence-electron chi connectivity index (χ1n) is 9.91. The number of amides is 1. The normalized spacial score (nSPS) is 18.2. The maximum Gasteiger partial charge on any atom is 0.237 e. The number of carbonyl (C=O) groups is 1. The molecule has 2 aromatic heterocycles. The summed E-state index contributed by atoms with van der Waals surface area (Å²) in [5.41, 5.74) is 0.796. The number of hydrogen-bond donors (Lipinski definition) is 0.